The molecule has 0 radical (unpaired) electrons. The van der Waals surface area contributed by atoms with Crippen LogP contribution in [0.25, 0.3) is 22.9 Å². The molecule has 0 aliphatic heterocycles. The highest BCUT2D eigenvalue weighted by Gasteiger charge is 2.28. The molecule has 0 amide bonds. The van der Waals surface area contributed by atoms with Gasteiger partial charge in [-0.25, -0.2) is 0 Å². The van der Waals surface area contributed by atoms with Crippen molar-refractivity contribution in [3.05, 3.63) is 65.1 Å². The third kappa shape index (κ3) is 3.26. The molecule has 1 aromatic heterocycles. The van der Waals surface area contributed by atoms with E-state index in [0.717, 1.165) is 53.2 Å². The first-order valence-electron chi connectivity index (χ1n) is 9.65. The summed E-state index contributed by atoms with van der Waals surface area (Å²) in [6, 6.07) is 6.40. The van der Waals surface area contributed by atoms with Crippen molar-refractivity contribution >= 4 is 11.6 Å². The lowest BCUT2D eigenvalue weighted by Gasteiger charge is -2.23. The van der Waals surface area contributed by atoms with Crippen molar-refractivity contribution in [1.82, 2.24) is 5.16 Å². The Kier molecular flexibility index (Phi) is 4.99. The molecule has 140 valence electrons. The molecule has 0 saturated carbocycles. The molecule has 1 unspecified atom stereocenters. The molecule has 4 rings (SSSR count). The minimum absolute atomic E-state index is 0.0181. The summed E-state index contributed by atoms with van der Waals surface area (Å²) in [5.41, 5.74) is 6.79. The van der Waals surface area contributed by atoms with Crippen LogP contribution in [0.1, 0.15) is 42.7 Å². The van der Waals surface area contributed by atoms with Crippen LogP contribution in [0, 0.1) is 0 Å². The van der Waals surface area contributed by atoms with Crippen molar-refractivity contribution < 1.29 is 14.0 Å². The number of ether oxygens (including phenoxy) is 2. The second kappa shape index (κ2) is 7.57. The lowest BCUT2D eigenvalue weighted by molar-refractivity contribution is 0.0395. The summed E-state index contributed by atoms with van der Waals surface area (Å²) >= 11 is 0. The van der Waals surface area contributed by atoms with Crippen molar-refractivity contribution in [2.75, 3.05) is 13.2 Å². The zero-order valence-electron chi connectivity index (χ0n) is 16.0. The third-order valence-electron chi connectivity index (χ3n) is 5.16. The van der Waals surface area contributed by atoms with Crippen LogP contribution in [-0.4, -0.2) is 24.5 Å². The van der Waals surface area contributed by atoms with Gasteiger partial charge in [-0.05, 0) is 50.3 Å². The number of nitrogens with zero attached hydrogens (tertiary/aromatic N) is 1. The average Bonchev–Trinajstić information content (AvgIpc) is 3.13. The zero-order valence-corrected chi connectivity index (χ0v) is 16.0. The van der Waals surface area contributed by atoms with Gasteiger partial charge in [-0.2, -0.15) is 0 Å². The Balaban J connectivity index is 1.69. The normalized spacial score (nSPS) is 18.2. The maximum atomic E-state index is 5.83. The second-order valence-corrected chi connectivity index (χ2v) is 6.78. The molecule has 4 heteroatoms. The van der Waals surface area contributed by atoms with Crippen LogP contribution in [0.3, 0.4) is 0 Å². The molecule has 2 aromatic rings. The lowest BCUT2D eigenvalue weighted by atomic mass is 9.86. The monoisotopic (exact) mass is 363 g/mol. The van der Waals surface area contributed by atoms with Crippen LogP contribution in [0.5, 0.6) is 0 Å². The molecule has 0 bridgehead atoms. The highest BCUT2D eigenvalue weighted by atomic mass is 16.5. The Hall–Kier alpha value is -2.59. The number of benzene rings is 1. The van der Waals surface area contributed by atoms with E-state index in [4.69, 9.17) is 14.0 Å². The van der Waals surface area contributed by atoms with Crippen molar-refractivity contribution in [2.45, 2.75) is 39.2 Å². The van der Waals surface area contributed by atoms with E-state index in [0.29, 0.717) is 13.2 Å². The molecule has 1 heterocycles. The molecular formula is C23H25NO3. The molecule has 1 aromatic carbocycles. The summed E-state index contributed by atoms with van der Waals surface area (Å²) in [7, 11) is 0. The van der Waals surface area contributed by atoms with Gasteiger partial charge in [0, 0.05) is 23.3 Å². The topological polar surface area (TPSA) is 44.5 Å². The van der Waals surface area contributed by atoms with Crippen LogP contribution in [0.2, 0.25) is 0 Å². The van der Waals surface area contributed by atoms with Crippen molar-refractivity contribution in [2.24, 2.45) is 0 Å². The predicted molar refractivity (Wildman–Crippen MR) is 107 cm³/mol. The van der Waals surface area contributed by atoms with Gasteiger partial charge in [-0.1, -0.05) is 42.1 Å². The van der Waals surface area contributed by atoms with Crippen molar-refractivity contribution in [1.29, 1.82) is 0 Å². The van der Waals surface area contributed by atoms with Gasteiger partial charge in [-0.15, -0.1) is 0 Å². The summed E-state index contributed by atoms with van der Waals surface area (Å²) in [5.74, 6) is 1.73. The van der Waals surface area contributed by atoms with Crippen LogP contribution < -0.4 is 0 Å². The van der Waals surface area contributed by atoms with E-state index in [2.05, 4.69) is 36.0 Å². The molecule has 0 fully saturated rings. The number of allylic oxidation sites excluding steroid dienone is 2. The molecule has 4 nitrogen and oxygen atoms in total. The Labute approximate surface area is 160 Å². The van der Waals surface area contributed by atoms with Gasteiger partial charge >= 0.3 is 0 Å². The predicted octanol–water partition coefficient (Wildman–Crippen LogP) is 5.20. The second-order valence-electron chi connectivity index (χ2n) is 6.78. The van der Waals surface area contributed by atoms with Crippen molar-refractivity contribution in [3.63, 3.8) is 0 Å². The number of fused-ring (bicyclic) bond motifs is 3. The first kappa shape index (κ1) is 17.8. The van der Waals surface area contributed by atoms with E-state index in [1.54, 1.807) is 0 Å². The largest absolute Gasteiger partial charge is 0.495 e. The number of aryl methyl sites for hydroxylation is 1. The smallest absolute Gasteiger partial charge is 0.170 e. The molecule has 2 aliphatic rings. The molecule has 0 saturated heterocycles. The number of hydrogen-bond donors (Lipinski definition) is 0. The van der Waals surface area contributed by atoms with Crippen LogP contribution in [0.15, 0.2) is 47.2 Å². The van der Waals surface area contributed by atoms with E-state index >= 15 is 0 Å². The van der Waals surface area contributed by atoms with Gasteiger partial charge in [0.15, 0.2) is 5.76 Å². The number of rotatable bonds is 6. The Morgan fingerprint density at radius 3 is 2.93 bits per heavy atom. The van der Waals surface area contributed by atoms with E-state index in [9.17, 15) is 0 Å². The van der Waals surface area contributed by atoms with Gasteiger partial charge in [0.25, 0.3) is 0 Å². The van der Waals surface area contributed by atoms with Crippen LogP contribution in [0.4, 0.5) is 0 Å². The molecule has 27 heavy (non-hydrogen) atoms. The molecular weight excluding hydrogens is 338 g/mol. The molecule has 1 atom stereocenters. The maximum Gasteiger partial charge on any atom is 0.170 e. The first-order chi connectivity index (χ1) is 13.2. The lowest BCUT2D eigenvalue weighted by Crippen LogP contribution is -2.20. The van der Waals surface area contributed by atoms with E-state index in [-0.39, 0.29) is 6.10 Å². The maximum absolute atomic E-state index is 5.83. The fourth-order valence-electron chi connectivity index (χ4n) is 3.88. The highest BCUT2D eigenvalue weighted by Crippen LogP contribution is 2.39. The molecule has 0 N–H and O–H groups in total. The summed E-state index contributed by atoms with van der Waals surface area (Å²) in [6.07, 6.45) is 8.76. The Bertz CT molecular complexity index is 920. The van der Waals surface area contributed by atoms with Gasteiger partial charge in [0.05, 0.1) is 6.61 Å². The Morgan fingerprint density at radius 2 is 2.15 bits per heavy atom. The first-order valence-corrected chi connectivity index (χ1v) is 9.65. The minimum Gasteiger partial charge on any atom is -0.495 e. The Morgan fingerprint density at radius 1 is 1.26 bits per heavy atom. The SMILES string of the molecule is C=Cc1ccc2c(c1)CCc1c-2noc1C1=CCC(OCC)C(OCC)=C1. The van der Waals surface area contributed by atoms with Crippen LogP contribution >= 0.6 is 0 Å². The van der Waals surface area contributed by atoms with Crippen LogP contribution in [-0.2, 0) is 22.3 Å². The number of aromatic nitrogens is 1. The highest BCUT2D eigenvalue weighted by molar-refractivity contribution is 5.80. The number of hydrogen-bond acceptors (Lipinski definition) is 4. The van der Waals surface area contributed by atoms with Gasteiger partial charge in [0.2, 0.25) is 0 Å². The van der Waals surface area contributed by atoms with Gasteiger partial charge in [-0.3, -0.25) is 0 Å². The standard InChI is InChI=1S/C23H25NO3/c1-4-15-7-10-18-16(13-15)8-11-19-22(18)24-27-23(19)17-9-12-20(25-5-2)21(14-17)26-6-3/h4,7,9-10,13-14,20H,1,5-6,8,11-12H2,2-3H3. The fourth-order valence-corrected chi connectivity index (χ4v) is 3.88. The average molecular weight is 363 g/mol. The van der Waals surface area contributed by atoms with Crippen molar-refractivity contribution in [3.8, 4) is 11.3 Å². The fraction of sp³-hybridized carbons (Fsp3) is 0.348. The summed E-state index contributed by atoms with van der Waals surface area (Å²) in [4.78, 5) is 0. The van der Waals surface area contributed by atoms with E-state index < -0.39 is 0 Å². The summed E-state index contributed by atoms with van der Waals surface area (Å²) < 4.78 is 17.4. The molecule has 2 aliphatic carbocycles. The summed E-state index contributed by atoms with van der Waals surface area (Å²) in [5, 5.41) is 4.41. The minimum atomic E-state index is -0.0181. The zero-order chi connectivity index (χ0) is 18.8. The van der Waals surface area contributed by atoms with E-state index in [1.807, 2.05) is 26.0 Å². The van der Waals surface area contributed by atoms with Gasteiger partial charge < -0.3 is 14.0 Å². The van der Waals surface area contributed by atoms with E-state index in [1.165, 1.54) is 11.1 Å². The molecule has 0 spiro atoms. The van der Waals surface area contributed by atoms with Gasteiger partial charge in [0.1, 0.15) is 17.6 Å². The third-order valence-corrected chi connectivity index (χ3v) is 5.16. The quantitative estimate of drug-likeness (QED) is 0.708. The summed E-state index contributed by atoms with van der Waals surface area (Å²) in [6.45, 7) is 9.15.